The van der Waals surface area contributed by atoms with Crippen LogP contribution >= 0.6 is 11.6 Å². The summed E-state index contributed by atoms with van der Waals surface area (Å²) in [7, 11) is 0. The molecular formula is C12H14ClN3O2. The molecule has 18 heavy (non-hydrogen) atoms. The zero-order valence-corrected chi connectivity index (χ0v) is 11.2. The van der Waals surface area contributed by atoms with Crippen LogP contribution in [-0.4, -0.2) is 26.0 Å². The van der Waals surface area contributed by atoms with Crippen molar-refractivity contribution < 1.29 is 9.90 Å². The first kappa shape index (κ1) is 12.8. The van der Waals surface area contributed by atoms with Crippen molar-refractivity contribution in [2.24, 2.45) is 0 Å². The highest BCUT2D eigenvalue weighted by Crippen LogP contribution is 2.30. The lowest BCUT2D eigenvalue weighted by Gasteiger charge is -2.08. The topological polar surface area (TPSA) is 78.9 Å². The molecule has 0 bridgehead atoms. The molecule has 2 N–H and O–H groups in total. The van der Waals surface area contributed by atoms with Crippen molar-refractivity contribution in [2.75, 3.05) is 0 Å². The predicted octanol–water partition coefficient (Wildman–Crippen LogP) is 3.00. The third kappa shape index (κ3) is 1.95. The number of carboxylic acids is 1. The van der Waals surface area contributed by atoms with Gasteiger partial charge in [-0.3, -0.25) is 0 Å². The van der Waals surface area contributed by atoms with Gasteiger partial charge in [-0.15, -0.1) is 0 Å². The van der Waals surface area contributed by atoms with Crippen LogP contribution in [0.3, 0.4) is 0 Å². The van der Waals surface area contributed by atoms with Crippen molar-refractivity contribution in [3.05, 3.63) is 22.2 Å². The highest BCUT2D eigenvalue weighted by Gasteiger charge is 2.23. The fourth-order valence-corrected chi connectivity index (χ4v) is 2.18. The second kappa shape index (κ2) is 4.57. The third-order valence-corrected chi connectivity index (χ3v) is 3.04. The molecule has 0 fully saturated rings. The summed E-state index contributed by atoms with van der Waals surface area (Å²) in [5.74, 6) is -0.284. The van der Waals surface area contributed by atoms with E-state index in [4.69, 9.17) is 11.6 Å². The maximum atomic E-state index is 11.3. The molecule has 0 atom stereocenters. The SMILES string of the molecule is CCc1nc(C(C)C)c2c(C(=O)O)c(Cl)[nH]c2n1. The summed E-state index contributed by atoms with van der Waals surface area (Å²) in [4.78, 5) is 22.8. The van der Waals surface area contributed by atoms with Crippen LogP contribution in [0.4, 0.5) is 0 Å². The number of halogens is 1. The molecule has 0 unspecified atom stereocenters. The van der Waals surface area contributed by atoms with Crippen LogP contribution < -0.4 is 0 Å². The Morgan fingerprint density at radius 3 is 2.61 bits per heavy atom. The standard InChI is InChI=1S/C12H14ClN3O2/c1-4-6-14-9(5(2)3)7-8(12(17)18)10(13)16-11(7)15-6/h5H,4H2,1-3H3,(H,17,18)(H,14,15,16). The molecule has 0 radical (unpaired) electrons. The second-order valence-corrected chi connectivity index (χ2v) is 4.75. The number of rotatable bonds is 3. The van der Waals surface area contributed by atoms with Gasteiger partial charge >= 0.3 is 5.97 Å². The number of nitrogens with one attached hydrogen (secondary N) is 1. The number of nitrogens with zero attached hydrogens (tertiary/aromatic N) is 2. The van der Waals surface area contributed by atoms with Gasteiger partial charge in [0, 0.05) is 6.42 Å². The number of aromatic amines is 1. The van der Waals surface area contributed by atoms with E-state index in [9.17, 15) is 9.90 Å². The molecule has 2 aromatic rings. The van der Waals surface area contributed by atoms with Crippen molar-refractivity contribution in [3.8, 4) is 0 Å². The van der Waals surface area contributed by atoms with Crippen LogP contribution in [0, 0.1) is 0 Å². The van der Waals surface area contributed by atoms with E-state index < -0.39 is 5.97 Å². The molecule has 2 rings (SSSR count). The Morgan fingerprint density at radius 1 is 1.44 bits per heavy atom. The minimum Gasteiger partial charge on any atom is -0.478 e. The van der Waals surface area contributed by atoms with E-state index in [0.29, 0.717) is 23.3 Å². The Hall–Kier alpha value is -1.62. The fourth-order valence-electron chi connectivity index (χ4n) is 1.92. The summed E-state index contributed by atoms with van der Waals surface area (Å²) < 4.78 is 0. The normalized spacial score (nSPS) is 11.4. The Labute approximate surface area is 109 Å². The molecule has 2 aromatic heterocycles. The van der Waals surface area contributed by atoms with E-state index in [1.807, 2.05) is 20.8 Å². The molecule has 5 nitrogen and oxygen atoms in total. The third-order valence-electron chi connectivity index (χ3n) is 2.76. The molecule has 0 aliphatic carbocycles. The maximum Gasteiger partial charge on any atom is 0.339 e. The van der Waals surface area contributed by atoms with E-state index in [-0.39, 0.29) is 16.6 Å². The van der Waals surface area contributed by atoms with Crippen LogP contribution in [0.25, 0.3) is 11.0 Å². The summed E-state index contributed by atoms with van der Waals surface area (Å²) in [6.45, 7) is 5.88. The summed E-state index contributed by atoms with van der Waals surface area (Å²) in [6.07, 6.45) is 0.689. The van der Waals surface area contributed by atoms with Gasteiger partial charge in [0.05, 0.1) is 11.1 Å². The quantitative estimate of drug-likeness (QED) is 0.896. The molecular weight excluding hydrogens is 254 g/mol. The Bertz CT molecular complexity index is 619. The minimum absolute atomic E-state index is 0.0537. The molecule has 0 amide bonds. The molecule has 2 heterocycles. The van der Waals surface area contributed by atoms with Crippen molar-refractivity contribution in [1.82, 2.24) is 15.0 Å². The van der Waals surface area contributed by atoms with Crippen LogP contribution in [-0.2, 0) is 6.42 Å². The molecule has 0 saturated carbocycles. The number of aryl methyl sites for hydroxylation is 1. The van der Waals surface area contributed by atoms with Gasteiger partial charge in [-0.05, 0) is 5.92 Å². The first-order valence-corrected chi connectivity index (χ1v) is 6.14. The highest BCUT2D eigenvalue weighted by atomic mass is 35.5. The Balaban J connectivity index is 2.88. The van der Waals surface area contributed by atoms with Gasteiger partial charge in [0.25, 0.3) is 0 Å². The number of H-pyrrole nitrogens is 1. The highest BCUT2D eigenvalue weighted by molar-refractivity contribution is 6.34. The monoisotopic (exact) mass is 267 g/mol. The van der Waals surface area contributed by atoms with E-state index in [1.165, 1.54) is 0 Å². The van der Waals surface area contributed by atoms with Gasteiger partial charge in [0.15, 0.2) is 0 Å². The van der Waals surface area contributed by atoms with E-state index in [0.717, 1.165) is 5.69 Å². The minimum atomic E-state index is -1.07. The number of aromatic nitrogens is 3. The van der Waals surface area contributed by atoms with Crippen molar-refractivity contribution in [1.29, 1.82) is 0 Å². The smallest absolute Gasteiger partial charge is 0.339 e. The fraction of sp³-hybridized carbons (Fsp3) is 0.417. The van der Waals surface area contributed by atoms with Gasteiger partial charge in [-0.2, -0.15) is 0 Å². The zero-order chi connectivity index (χ0) is 13.4. The van der Waals surface area contributed by atoms with Crippen molar-refractivity contribution in [3.63, 3.8) is 0 Å². The van der Waals surface area contributed by atoms with Crippen LogP contribution in [0.1, 0.15) is 48.6 Å². The van der Waals surface area contributed by atoms with E-state index >= 15 is 0 Å². The number of aromatic carboxylic acids is 1. The molecule has 0 spiro atoms. The largest absolute Gasteiger partial charge is 0.478 e. The number of carboxylic acid groups (broad SMARTS) is 1. The second-order valence-electron chi connectivity index (χ2n) is 4.38. The van der Waals surface area contributed by atoms with Gasteiger partial charge < -0.3 is 10.1 Å². The number of hydrogen-bond acceptors (Lipinski definition) is 3. The number of fused-ring (bicyclic) bond motifs is 1. The predicted molar refractivity (Wildman–Crippen MR) is 69.3 cm³/mol. The first-order valence-electron chi connectivity index (χ1n) is 5.77. The molecule has 0 aromatic carbocycles. The maximum absolute atomic E-state index is 11.3. The lowest BCUT2D eigenvalue weighted by atomic mass is 10.0. The lowest BCUT2D eigenvalue weighted by Crippen LogP contribution is -2.04. The first-order chi connectivity index (χ1) is 8.45. The molecule has 6 heteroatoms. The summed E-state index contributed by atoms with van der Waals surface area (Å²) in [5, 5.41) is 9.84. The Kier molecular flexibility index (Phi) is 3.26. The summed E-state index contributed by atoms with van der Waals surface area (Å²) in [5.41, 5.74) is 1.27. The number of carbonyl (C=O) groups is 1. The van der Waals surface area contributed by atoms with Crippen LogP contribution in [0.2, 0.25) is 5.15 Å². The van der Waals surface area contributed by atoms with Crippen LogP contribution in [0.5, 0.6) is 0 Å². The Morgan fingerprint density at radius 2 is 2.11 bits per heavy atom. The average Bonchev–Trinajstić information content (AvgIpc) is 2.62. The average molecular weight is 268 g/mol. The summed E-state index contributed by atoms with van der Waals surface area (Å²) >= 11 is 5.93. The van der Waals surface area contributed by atoms with Gasteiger partial charge in [0.2, 0.25) is 0 Å². The van der Waals surface area contributed by atoms with Gasteiger partial charge in [-0.1, -0.05) is 32.4 Å². The van der Waals surface area contributed by atoms with E-state index in [1.54, 1.807) is 0 Å². The number of hydrogen-bond donors (Lipinski definition) is 2. The molecule has 0 aliphatic rings. The van der Waals surface area contributed by atoms with Gasteiger partial charge in [-0.25, -0.2) is 14.8 Å². The van der Waals surface area contributed by atoms with Gasteiger partial charge in [0.1, 0.15) is 22.2 Å². The lowest BCUT2D eigenvalue weighted by molar-refractivity contribution is 0.0699. The van der Waals surface area contributed by atoms with E-state index in [2.05, 4.69) is 15.0 Å². The van der Waals surface area contributed by atoms with Crippen molar-refractivity contribution >= 4 is 28.6 Å². The summed E-state index contributed by atoms with van der Waals surface area (Å²) in [6, 6.07) is 0. The molecule has 0 saturated heterocycles. The molecule has 96 valence electrons. The van der Waals surface area contributed by atoms with Crippen LogP contribution in [0.15, 0.2) is 0 Å². The molecule has 0 aliphatic heterocycles. The zero-order valence-electron chi connectivity index (χ0n) is 10.4. The van der Waals surface area contributed by atoms with Crippen molar-refractivity contribution in [2.45, 2.75) is 33.1 Å².